The number of hydrogen-bond acceptors (Lipinski definition) is 1. The topological polar surface area (TPSA) is 12.4 Å². The van der Waals surface area contributed by atoms with Crippen LogP contribution >= 0.6 is 0 Å². The van der Waals surface area contributed by atoms with Crippen LogP contribution in [0.3, 0.4) is 0 Å². The van der Waals surface area contributed by atoms with Crippen molar-refractivity contribution in [2.75, 3.05) is 7.05 Å². The Morgan fingerprint density at radius 3 is 2.77 bits per heavy atom. The lowest BCUT2D eigenvalue weighted by Gasteiger charge is -2.05. The van der Waals surface area contributed by atoms with Gasteiger partial charge in [-0.3, -0.25) is 4.99 Å². The highest BCUT2D eigenvalue weighted by Crippen LogP contribution is 2.10. The van der Waals surface area contributed by atoms with Gasteiger partial charge in [-0.2, -0.15) is 0 Å². The first kappa shape index (κ1) is 9.72. The van der Waals surface area contributed by atoms with Crippen molar-refractivity contribution < 1.29 is 0 Å². The number of benzene rings is 1. The highest BCUT2D eigenvalue weighted by atomic mass is 14.7. The van der Waals surface area contributed by atoms with E-state index in [1.165, 1.54) is 11.1 Å². The van der Waals surface area contributed by atoms with Crippen LogP contribution in [0.1, 0.15) is 18.1 Å². The first-order valence-corrected chi connectivity index (χ1v) is 4.42. The van der Waals surface area contributed by atoms with Crippen LogP contribution in [0.4, 0.5) is 0 Å². The Morgan fingerprint density at radius 1 is 1.46 bits per heavy atom. The van der Waals surface area contributed by atoms with Crippen molar-refractivity contribution in [2.45, 2.75) is 13.3 Å². The zero-order valence-corrected chi connectivity index (χ0v) is 8.25. The zero-order valence-electron chi connectivity index (χ0n) is 8.25. The lowest BCUT2D eigenvalue weighted by molar-refractivity contribution is 1.25. The average Bonchev–Trinajstić information content (AvgIpc) is 2.18. The van der Waals surface area contributed by atoms with Crippen LogP contribution < -0.4 is 0 Å². The normalized spacial score (nSPS) is 11.4. The molecule has 0 heterocycles. The molecule has 1 aromatic carbocycles. The molecular weight excluding hydrogens is 158 g/mol. The molecule has 0 fully saturated rings. The van der Waals surface area contributed by atoms with Crippen LogP contribution in [0.2, 0.25) is 0 Å². The van der Waals surface area contributed by atoms with Crippen molar-refractivity contribution >= 4 is 5.71 Å². The Kier molecular flexibility index (Phi) is 3.44. The van der Waals surface area contributed by atoms with Gasteiger partial charge in [-0.05, 0) is 24.5 Å². The van der Waals surface area contributed by atoms with Gasteiger partial charge < -0.3 is 0 Å². The van der Waals surface area contributed by atoms with Gasteiger partial charge in [0.05, 0.1) is 0 Å². The van der Waals surface area contributed by atoms with E-state index in [0.717, 1.165) is 12.1 Å². The Bertz CT molecular complexity index is 324. The molecule has 0 N–H and O–H groups in total. The molecule has 68 valence electrons. The van der Waals surface area contributed by atoms with E-state index in [1.807, 2.05) is 32.2 Å². The number of hydrogen-bond donors (Lipinski definition) is 0. The Labute approximate surface area is 79.8 Å². The summed E-state index contributed by atoms with van der Waals surface area (Å²) in [5.74, 6) is 0. The Hall–Kier alpha value is -1.37. The molecule has 0 aliphatic heterocycles. The van der Waals surface area contributed by atoms with E-state index in [1.54, 1.807) is 0 Å². The van der Waals surface area contributed by atoms with Crippen LogP contribution in [0, 0.1) is 0 Å². The second-order valence-corrected chi connectivity index (χ2v) is 2.96. The van der Waals surface area contributed by atoms with Crippen LogP contribution in [0.15, 0.2) is 41.9 Å². The minimum absolute atomic E-state index is 0.906. The molecule has 1 rings (SSSR count). The second-order valence-electron chi connectivity index (χ2n) is 2.96. The molecule has 0 aromatic heterocycles. The molecule has 0 amide bonds. The van der Waals surface area contributed by atoms with E-state index in [0.29, 0.717) is 0 Å². The molecule has 0 atom stereocenters. The number of aliphatic imine (C=N–C) groups is 1. The summed E-state index contributed by atoms with van der Waals surface area (Å²) in [5.41, 5.74) is 3.60. The third-order valence-corrected chi connectivity index (χ3v) is 2.11. The Morgan fingerprint density at radius 2 is 2.15 bits per heavy atom. The third kappa shape index (κ3) is 2.28. The van der Waals surface area contributed by atoms with Crippen LogP contribution in [0.25, 0.3) is 0 Å². The zero-order chi connectivity index (χ0) is 9.68. The average molecular weight is 173 g/mol. The van der Waals surface area contributed by atoms with Gasteiger partial charge in [0.2, 0.25) is 0 Å². The summed E-state index contributed by atoms with van der Waals surface area (Å²) >= 11 is 0. The molecule has 0 saturated carbocycles. The summed E-state index contributed by atoms with van der Waals surface area (Å²) < 4.78 is 0. The first-order valence-electron chi connectivity index (χ1n) is 4.42. The number of allylic oxidation sites excluding steroid dienone is 1. The summed E-state index contributed by atoms with van der Waals surface area (Å²) in [7, 11) is 1.82. The van der Waals surface area contributed by atoms with Crippen molar-refractivity contribution in [3.05, 3.63) is 48.0 Å². The maximum Gasteiger partial charge on any atom is 0.0389 e. The van der Waals surface area contributed by atoms with E-state index in [9.17, 15) is 0 Å². The fraction of sp³-hybridized carbons (Fsp3) is 0.250. The third-order valence-electron chi connectivity index (χ3n) is 2.11. The largest absolute Gasteiger partial charge is 0.293 e. The van der Waals surface area contributed by atoms with Gasteiger partial charge in [-0.15, -0.1) is 6.58 Å². The molecule has 0 aliphatic carbocycles. The molecule has 1 aromatic rings. The highest BCUT2D eigenvalue weighted by molar-refractivity contribution is 5.99. The summed E-state index contributed by atoms with van der Waals surface area (Å²) in [5, 5.41) is 0. The predicted molar refractivity (Wildman–Crippen MR) is 58.5 cm³/mol. The van der Waals surface area contributed by atoms with Gasteiger partial charge in [0, 0.05) is 12.8 Å². The molecule has 1 heteroatoms. The van der Waals surface area contributed by atoms with Gasteiger partial charge >= 0.3 is 0 Å². The second kappa shape index (κ2) is 4.61. The van der Waals surface area contributed by atoms with Gasteiger partial charge in [0.25, 0.3) is 0 Å². The molecule has 13 heavy (non-hydrogen) atoms. The number of nitrogens with zero attached hydrogens (tertiary/aromatic N) is 1. The molecule has 0 bridgehead atoms. The fourth-order valence-corrected chi connectivity index (χ4v) is 1.33. The fourth-order valence-electron chi connectivity index (χ4n) is 1.33. The summed E-state index contributed by atoms with van der Waals surface area (Å²) in [6, 6.07) is 8.30. The highest BCUT2D eigenvalue weighted by Gasteiger charge is 2.01. The van der Waals surface area contributed by atoms with E-state index in [-0.39, 0.29) is 0 Å². The Balaban J connectivity index is 3.11. The monoisotopic (exact) mass is 173 g/mol. The smallest absolute Gasteiger partial charge is 0.0389 e. The molecular formula is C12H15N. The lowest BCUT2D eigenvalue weighted by atomic mass is 10.0. The minimum Gasteiger partial charge on any atom is -0.293 e. The van der Waals surface area contributed by atoms with Gasteiger partial charge in [0.15, 0.2) is 0 Å². The lowest BCUT2D eigenvalue weighted by Crippen LogP contribution is -1.99. The van der Waals surface area contributed by atoms with E-state index >= 15 is 0 Å². The first-order chi connectivity index (χ1) is 6.29. The number of rotatable bonds is 3. The van der Waals surface area contributed by atoms with Gasteiger partial charge in [-0.1, -0.05) is 30.3 Å². The van der Waals surface area contributed by atoms with Crippen LogP contribution in [-0.4, -0.2) is 12.8 Å². The van der Waals surface area contributed by atoms with Crippen molar-refractivity contribution in [3.8, 4) is 0 Å². The summed E-state index contributed by atoms with van der Waals surface area (Å²) in [6.45, 7) is 5.77. The van der Waals surface area contributed by atoms with Crippen LogP contribution in [-0.2, 0) is 6.42 Å². The quantitative estimate of drug-likeness (QED) is 0.492. The standard InChI is InChI=1S/C12H15N/c1-4-7-11-8-5-6-9-12(11)10(2)13-3/h4-6,8-9H,1,7H2,2-3H3/b13-10-. The molecule has 0 saturated heterocycles. The van der Waals surface area contributed by atoms with Gasteiger partial charge in [-0.25, -0.2) is 0 Å². The van der Waals surface area contributed by atoms with Crippen molar-refractivity contribution in [1.29, 1.82) is 0 Å². The summed E-state index contributed by atoms with van der Waals surface area (Å²) in [6.07, 6.45) is 2.82. The van der Waals surface area contributed by atoms with Crippen LogP contribution in [0.5, 0.6) is 0 Å². The molecule has 0 spiro atoms. The molecule has 0 radical (unpaired) electrons. The predicted octanol–water partition coefficient (Wildman–Crippen LogP) is 2.85. The molecule has 0 unspecified atom stereocenters. The van der Waals surface area contributed by atoms with E-state index in [2.05, 4.69) is 23.7 Å². The van der Waals surface area contributed by atoms with Crippen molar-refractivity contribution in [3.63, 3.8) is 0 Å². The molecule has 1 nitrogen and oxygen atoms in total. The van der Waals surface area contributed by atoms with E-state index in [4.69, 9.17) is 0 Å². The van der Waals surface area contributed by atoms with Crippen molar-refractivity contribution in [1.82, 2.24) is 0 Å². The maximum atomic E-state index is 4.18. The summed E-state index contributed by atoms with van der Waals surface area (Å²) in [4.78, 5) is 4.18. The SMILES string of the molecule is C=CCc1ccccc1/C(C)=N\C. The molecule has 0 aliphatic rings. The van der Waals surface area contributed by atoms with Crippen molar-refractivity contribution in [2.24, 2.45) is 4.99 Å². The van der Waals surface area contributed by atoms with Gasteiger partial charge in [0.1, 0.15) is 0 Å². The maximum absolute atomic E-state index is 4.18. The van der Waals surface area contributed by atoms with E-state index < -0.39 is 0 Å². The minimum atomic E-state index is 0.906.